The van der Waals surface area contributed by atoms with Crippen LogP contribution in [0, 0.1) is 6.92 Å². The first-order chi connectivity index (χ1) is 12.0. The van der Waals surface area contributed by atoms with Crippen molar-refractivity contribution in [3.05, 3.63) is 64.4 Å². The van der Waals surface area contributed by atoms with E-state index in [0.29, 0.717) is 28.6 Å². The average Bonchev–Trinajstić information content (AvgIpc) is 3.24. The highest BCUT2D eigenvalue weighted by Gasteiger charge is 2.20. The van der Waals surface area contributed by atoms with Crippen molar-refractivity contribution in [2.45, 2.75) is 13.5 Å². The highest BCUT2D eigenvalue weighted by molar-refractivity contribution is 7.15. The van der Waals surface area contributed by atoms with Gasteiger partial charge in [-0.2, -0.15) is 0 Å². The van der Waals surface area contributed by atoms with Gasteiger partial charge in [0, 0.05) is 24.0 Å². The average molecular weight is 355 g/mol. The van der Waals surface area contributed by atoms with Crippen LogP contribution in [-0.4, -0.2) is 28.7 Å². The van der Waals surface area contributed by atoms with Crippen LogP contribution in [0.1, 0.15) is 31.3 Å². The molecule has 2 amide bonds. The van der Waals surface area contributed by atoms with E-state index in [0.717, 1.165) is 10.4 Å². The fraction of sp³-hybridized carbons (Fsp3) is 0.167. The maximum atomic E-state index is 12.7. The first-order valence-corrected chi connectivity index (χ1v) is 8.43. The zero-order chi connectivity index (χ0) is 18.0. The summed E-state index contributed by atoms with van der Waals surface area (Å²) in [6.45, 7) is 2.28. The molecular weight excluding hydrogens is 338 g/mol. The van der Waals surface area contributed by atoms with E-state index >= 15 is 0 Å². The number of benzene rings is 1. The third-order valence-electron chi connectivity index (χ3n) is 3.74. The third-order valence-corrected chi connectivity index (χ3v) is 4.72. The maximum Gasteiger partial charge on any atom is 0.273 e. The molecule has 0 saturated carbocycles. The highest BCUT2D eigenvalue weighted by atomic mass is 32.1. The van der Waals surface area contributed by atoms with Gasteiger partial charge in [-0.3, -0.25) is 9.59 Å². The molecule has 0 atom stereocenters. The van der Waals surface area contributed by atoms with Crippen LogP contribution in [0.15, 0.2) is 47.1 Å². The molecule has 128 valence electrons. The van der Waals surface area contributed by atoms with E-state index in [1.807, 2.05) is 13.0 Å². The standard InChI is InChI=1S/C18H17N3O3S/c1-11-15(20-17(25-11)14-4-3-9-24-14)18(23)21(2)10-12-5-7-13(8-6-12)16(19)22/h3-9H,10H2,1-2H3,(H2,19,22). The van der Waals surface area contributed by atoms with Crippen LogP contribution in [0.3, 0.4) is 0 Å². The first-order valence-electron chi connectivity index (χ1n) is 7.61. The minimum atomic E-state index is -0.473. The molecule has 0 saturated heterocycles. The van der Waals surface area contributed by atoms with Gasteiger partial charge in [0.05, 0.1) is 6.26 Å². The van der Waals surface area contributed by atoms with Crippen molar-refractivity contribution in [1.29, 1.82) is 0 Å². The Morgan fingerprint density at radius 2 is 1.96 bits per heavy atom. The Hall–Kier alpha value is -2.93. The Balaban J connectivity index is 1.75. The lowest BCUT2D eigenvalue weighted by atomic mass is 10.1. The number of primary amides is 1. The summed E-state index contributed by atoms with van der Waals surface area (Å²) in [5.74, 6) is 0.0157. The number of carbonyl (C=O) groups excluding carboxylic acids is 2. The van der Waals surface area contributed by atoms with Crippen LogP contribution in [0.2, 0.25) is 0 Å². The Bertz CT molecular complexity index is 898. The lowest BCUT2D eigenvalue weighted by Crippen LogP contribution is -2.27. The topological polar surface area (TPSA) is 89.4 Å². The van der Waals surface area contributed by atoms with Gasteiger partial charge in [-0.25, -0.2) is 4.98 Å². The second-order valence-corrected chi connectivity index (χ2v) is 6.83. The zero-order valence-corrected chi connectivity index (χ0v) is 14.7. The van der Waals surface area contributed by atoms with Gasteiger partial charge in [-0.05, 0) is 36.8 Å². The number of nitrogens with two attached hydrogens (primary N) is 1. The molecule has 0 unspecified atom stereocenters. The van der Waals surface area contributed by atoms with Gasteiger partial charge in [0.1, 0.15) is 5.69 Å². The molecule has 6 nitrogen and oxygen atoms in total. The van der Waals surface area contributed by atoms with Crippen LogP contribution in [-0.2, 0) is 6.54 Å². The summed E-state index contributed by atoms with van der Waals surface area (Å²) < 4.78 is 5.34. The van der Waals surface area contributed by atoms with Crippen LogP contribution in [0.5, 0.6) is 0 Å². The van der Waals surface area contributed by atoms with E-state index in [9.17, 15) is 9.59 Å². The van der Waals surface area contributed by atoms with E-state index in [2.05, 4.69) is 4.98 Å². The second-order valence-electron chi connectivity index (χ2n) is 5.62. The van der Waals surface area contributed by atoms with Crippen molar-refractivity contribution in [2.75, 3.05) is 7.05 Å². The fourth-order valence-corrected chi connectivity index (χ4v) is 3.27. The smallest absolute Gasteiger partial charge is 0.273 e. The molecule has 0 aliphatic carbocycles. The molecule has 2 aromatic heterocycles. The van der Waals surface area contributed by atoms with Gasteiger partial charge >= 0.3 is 0 Å². The van der Waals surface area contributed by atoms with Gasteiger partial charge in [-0.15, -0.1) is 11.3 Å². The second kappa shape index (κ2) is 6.90. The molecule has 2 N–H and O–H groups in total. The van der Waals surface area contributed by atoms with Crippen molar-refractivity contribution >= 4 is 23.2 Å². The van der Waals surface area contributed by atoms with Crippen molar-refractivity contribution in [3.63, 3.8) is 0 Å². The molecule has 0 aliphatic heterocycles. The maximum absolute atomic E-state index is 12.7. The summed E-state index contributed by atoms with van der Waals surface area (Å²) in [6, 6.07) is 10.5. The number of thiazole rings is 1. The van der Waals surface area contributed by atoms with Crippen LogP contribution in [0.4, 0.5) is 0 Å². The summed E-state index contributed by atoms with van der Waals surface area (Å²) in [7, 11) is 1.72. The molecule has 3 aromatic rings. The highest BCUT2D eigenvalue weighted by Crippen LogP contribution is 2.28. The number of carbonyl (C=O) groups is 2. The van der Waals surface area contributed by atoms with Crippen molar-refractivity contribution in [1.82, 2.24) is 9.88 Å². The molecule has 0 fully saturated rings. The molecule has 7 heteroatoms. The van der Waals surface area contributed by atoms with Gasteiger partial charge in [0.25, 0.3) is 5.91 Å². The van der Waals surface area contributed by atoms with E-state index in [1.54, 1.807) is 48.5 Å². The number of rotatable bonds is 5. The predicted octanol–water partition coefficient (Wildman–Crippen LogP) is 3.08. The van der Waals surface area contributed by atoms with Gasteiger partial charge in [0.15, 0.2) is 10.8 Å². The van der Waals surface area contributed by atoms with Crippen molar-refractivity contribution < 1.29 is 14.0 Å². The molecular formula is C18H17N3O3S. The SMILES string of the molecule is Cc1sc(-c2ccco2)nc1C(=O)N(C)Cc1ccc(C(N)=O)cc1. The quantitative estimate of drug-likeness (QED) is 0.761. The minimum Gasteiger partial charge on any atom is -0.462 e. The number of nitrogens with zero attached hydrogens (tertiary/aromatic N) is 2. The Morgan fingerprint density at radius 3 is 2.56 bits per heavy atom. The van der Waals surface area contributed by atoms with Gasteiger partial charge in [0.2, 0.25) is 5.91 Å². The van der Waals surface area contributed by atoms with E-state index < -0.39 is 5.91 Å². The van der Waals surface area contributed by atoms with Crippen LogP contribution < -0.4 is 5.73 Å². The molecule has 0 spiro atoms. The summed E-state index contributed by atoms with van der Waals surface area (Å²) in [4.78, 5) is 30.7. The largest absolute Gasteiger partial charge is 0.462 e. The zero-order valence-electron chi connectivity index (χ0n) is 13.9. The lowest BCUT2D eigenvalue weighted by Gasteiger charge is -2.16. The number of furan rings is 1. The lowest BCUT2D eigenvalue weighted by molar-refractivity contribution is 0.0779. The van der Waals surface area contributed by atoms with E-state index in [1.165, 1.54) is 11.3 Å². The minimum absolute atomic E-state index is 0.162. The van der Waals surface area contributed by atoms with Crippen molar-refractivity contribution in [2.24, 2.45) is 5.73 Å². The third kappa shape index (κ3) is 3.61. The molecule has 0 aliphatic rings. The van der Waals surface area contributed by atoms with Gasteiger partial charge < -0.3 is 15.1 Å². The summed E-state index contributed by atoms with van der Waals surface area (Å²) in [5, 5.41) is 0.685. The molecule has 2 heterocycles. The van der Waals surface area contributed by atoms with Gasteiger partial charge in [-0.1, -0.05) is 12.1 Å². The van der Waals surface area contributed by atoms with E-state index in [4.69, 9.17) is 10.2 Å². The number of aromatic nitrogens is 1. The van der Waals surface area contributed by atoms with Crippen molar-refractivity contribution in [3.8, 4) is 10.8 Å². The number of amides is 2. The number of aryl methyl sites for hydroxylation is 1. The summed E-state index contributed by atoms with van der Waals surface area (Å²) >= 11 is 1.43. The molecule has 1 aromatic carbocycles. The molecule has 3 rings (SSSR count). The van der Waals surface area contributed by atoms with E-state index in [-0.39, 0.29) is 5.91 Å². The Labute approximate surface area is 148 Å². The summed E-state index contributed by atoms with van der Waals surface area (Å²) in [5.41, 5.74) is 7.00. The molecule has 25 heavy (non-hydrogen) atoms. The molecule has 0 radical (unpaired) electrons. The number of hydrogen-bond acceptors (Lipinski definition) is 5. The van der Waals surface area contributed by atoms with Crippen LogP contribution >= 0.6 is 11.3 Å². The molecule has 0 bridgehead atoms. The Kier molecular flexibility index (Phi) is 4.67. The normalized spacial score (nSPS) is 10.6. The predicted molar refractivity (Wildman–Crippen MR) is 95.3 cm³/mol. The Morgan fingerprint density at radius 1 is 1.24 bits per heavy atom. The van der Waals surface area contributed by atoms with Crippen LogP contribution in [0.25, 0.3) is 10.8 Å². The number of hydrogen-bond donors (Lipinski definition) is 1. The summed E-state index contributed by atoms with van der Waals surface area (Å²) in [6.07, 6.45) is 1.58. The first kappa shape index (κ1) is 16.9. The fourth-order valence-electron chi connectivity index (χ4n) is 2.40. The monoisotopic (exact) mass is 355 g/mol.